The molecule has 0 radical (unpaired) electrons. The molecule has 132 valence electrons. The van der Waals surface area contributed by atoms with Crippen molar-refractivity contribution >= 4 is 5.91 Å². The molecule has 3 aromatic carbocycles. The third kappa shape index (κ3) is 4.10. The lowest BCUT2D eigenvalue weighted by Gasteiger charge is -2.11. The number of nitrogens with one attached hydrogen (secondary N) is 1. The SMILES string of the molecule is COc1ccc(CN)cc1C(=O)NCc1ccc(-c2ccccc2)cc1. The number of nitrogens with two attached hydrogens (primary N) is 1. The number of hydrogen-bond donors (Lipinski definition) is 2. The number of hydrogen-bond acceptors (Lipinski definition) is 3. The Hall–Kier alpha value is -3.11. The summed E-state index contributed by atoms with van der Waals surface area (Å²) in [6.07, 6.45) is 0. The molecule has 0 atom stereocenters. The molecule has 3 N–H and O–H groups in total. The lowest BCUT2D eigenvalue weighted by Crippen LogP contribution is -2.23. The zero-order valence-corrected chi connectivity index (χ0v) is 14.7. The van der Waals surface area contributed by atoms with E-state index in [2.05, 4.69) is 29.6 Å². The Labute approximate surface area is 153 Å². The Morgan fingerprint density at radius 2 is 1.58 bits per heavy atom. The van der Waals surface area contributed by atoms with Crippen LogP contribution in [-0.2, 0) is 13.1 Å². The van der Waals surface area contributed by atoms with Gasteiger partial charge in [-0.25, -0.2) is 0 Å². The largest absolute Gasteiger partial charge is 0.496 e. The van der Waals surface area contributed by atoms with Crippen LogP contribution >= 0.6 is 0 Å². The molecule has 1 amide bonds. The van der Waals surface area contributed by atoms with E-state index in [1.807, 2.05) is 36.4 Å². The van der Waals surface area contributed by atoms with Gasteiger partial charge >= 0.3 is 0 Å². The summed E-state index contributed by atoms with van der Waals surface area (Å²) in [6, 6.07) is 23.8. The minimum atomic E-state index is -0.177. The highest BCUT2D eigenvalue weighted by molar-refractivity contribution is 5.97. The highest BCUT2D eigenvalue weighted by Crippen LogP contribution is 2.21. The summed E-state index contributed by atoms with van der Waals surface area (Å²) < 4.78 is 5.28. The van der Waals surface area contributed by atoms with Gasteiger partial charge < -0.3 is 15.8 Å². The third-order valence-corrected chi connectivity index (χ3v) is 4.26. The second kappa shape index (κ2) is 8.32. The Morgan fingerprint density at radius 1 is 0.923 bits per heavy atom. The van der Waals surface area contributed by atoms with Crippen molar-refractivity contribution in [3.63, 3.8) is 0 Å². The predicted octanol–water partition coefficient (Wildman–Crippen LogP) is 3.75. The van der Waals surface area contributed by atoms with Crippen LogP contribution in [0.1, 0.15) is 21.5 Å². The smallest absolute Gasteiger partial charge is 0.255 e. The summed E-state index contributed by atoms with van der Waals surface area (Å²) in [6.45, 7) is 0.829. The van der Waals surface area contributed by atoms with Crippen molar-refractivity contribution in [2.24, 2.45) is 5.73 Å². The number of amides is 1. The van der Waals surface area contributed by atoms with E-state index >= 15 is 0 Å². The topological polar surface area (TPSA) is 64.3 Å². The summed E-state index contributed by atoms with van der Waals surface area (Å²) in [5, 5.41) is 2.94. The highest BCUT2D eigenvalue weighted by atomic mass is 16.5. The van der Waals surface area contributed by atoms with Crippen LogP contribution in [0, 0.1) is 0 Å². The average molecular weight is 346 g/mol. The third-order valence-electron chi connectivity index (χ3n) is 4.26. The molecule has 0 bridgehead atoms. The quantitative estimate of drug-likeness (QED) is 0.714. The number of ether oxygens (including phenoxy) is 1. The fourth-order valence-electron chi connectivity index (χ4n) is 2.78. The van der Waals surface area contributed by atoms with Crippen molar-refractivity contribution in [2.45, 2.75) is 13.1 Å². The van der Waals surface area contributed by atoms with Crippen molar-refractivity contribution in [1.29, 1.82) is 0 Å². The van der Waals surface area contributed by atoms with Gasteiger partial charge in [-0.3, -0.25) is 4.79 Å². The van der Waals surface area contributed by atoms with Crippen LogP contribution in [0.4, 0.5) is 0 Å². The molecule has 0 aliphatic rings. The van der Waals surface area contributed by atoms with Crippen LogP contribution < -0.4 is 15.8 Å². The van der Waals surface area contributed by atoms with Gasteiger partial charge in [0.2, 0.25) is 0 Å². The van der Waals surface area contributed by atoms with E-state index in [0.29, 0.717) is 24.4 Å². The first-order valence-electron chi connectivity index (χ1n) is 8.51. The van der Waals surface area contributed by atoms with Crippen LogP contribution in [0.15, 0.2) is 72.8 Å². The van der Waals surface area contributed by atoms with E-state index in [1.165, 1.54) is 5.56 Å². The molecule has 3 aromatic rings. The Bertz CT molecular complexity index is 874. The molecular weight excluding hydrogens is 324 g/mol. The van der Waals surface area contributed by atoms with Gasteiger partial charge in [-0.2, -0.15) is 0 Å². The van der Waals surface area contributed by atoms with Crippen molar-refractivity contribution in [2.75, 3.05) is 7.11 Å². The molecule has 0 aromatic heterocycles. The molecule has 0 aliphatic carbocycles. The summed E-state index contributed by atoms with van der Waals surface area (Å²) in [5.74, 6) is 0.364. The number of carbonyl (C=O) groups is 1. The minimum Gasteiger partial charge on any atom is -0.496 e. The zero-order chi connectivity index (χ0) is 18.4. The first-order valence-corrected chi connectivity index (χ1v) is 8.51. The van der Waals surface area contributed by atoms with Gasteiger partial charge in [0.05, 0.1) is 12.7 Å². The van der Waals surface area contributed by atoms with E-state index in [-0.39, 0.29) is 5.91 Å². The Balaban J connectivity index is 1.68. The van der Waals surface area contributed by atoms with E-state index in [1.54, 1.807) is 19.2 Å². The van der Waals surface area contributed by atoms with Gasteiger partial charge in [0, 0.05) is 13.1 Å². The van der Waals surface area contributed by atoms with Gasteiger partial charge in [0.15, 0.2) is 0 Å². The molecule has 0 aliphatic heterocycles. The number of rotatable bonds is 6. The van der Waals surface area contributed by atoms with Crippen LogP contribution in [0.5, 0.6) is 5.75 Å². The molecule has 3 rings (SSSR count). The maximum Gasteiger partial charge on any atom is 0.255 e. The van der Waals surface area contributed by atoms with Crippen molar-refractivity contribution in [3.05, 3.63) is 89.5 Å². The molecule has 4 nitrogen and oxygen atoms in total. The molecule has 0 fully saturated rings. The fraction of sp³-hybridized carbons (Fsp3) is 0.136. The van der Waals surface area contributed by atoms with Crippen LogP contribution in [0.2, 0.25) is 0 Å². The summed E-state index contributed by atoms with van der Waals surface area (Å²) in [4.78, 5) is 12.5. The molecule has 0 heterocycles. The summed E-state index contributed by atoms with van der Waals surface area (Å²) in [7, 11) is 1.55. The Morgan fingerprint density at radius 3 is 2.23 bits per heavy atom. The number of methoxy groups -OCH3 is 1. The standard InChI is InChI=1S/C22H22N2O2/c1-26-21-12-9-17(14-23)13-20(21)22(25)24-15-16-7-10-19(11-8-16)18-5-3-2-4-6-18/h2-13H,14-15,23H2,1H3,(H,24,25). The van der Waals surface area contributed by atoms with E-state index in [9.17, 15) is 4.79 Å². The van der Waals surface area contributed by atoms with Crippen molar-refractivity contribution in [3.8, 4) is 16.9 Å². The molecule has 26 heavy (non-hydrogen) atoms. The second-order valence-electron chi connectivity index (χ2n) is 5.98. The Kier molecular flexibility index (Phi) is 5.66. The first kappa shape index (κ1) is 17.7. The van der Waals surface area contributed by atoms with Gasteiger partial charge in [-0.15, -0.1) is 0 Å². The lowest BCUT2D eigenvalue weighted by atomic mass is 10.0. The molecule has 0 saturated carbocycles. The first-order chi connectivity index (χ1) is 12.7. The van der Waals surface area contributed by atoms with E-state index in [0.717, 1.165) is 16.7 Å². The molecule has 0 unspecified atom stereocenters. The normalized spacial score (nSPS) is 10.4. The highest BCUT2D eigenvalue weighted by Gasteiger charge is 2.12. The zero-order valence-electron chi connectivity index (χ0n) is 14.7. The fourth-order valence-corrected chi connectivity index (χ4v) is 2.78. The maximum absolute atomic E-state index is 12.5. The summed E-state index contributed by atoms with van der Waals surface area (Å²) in [5.41, 5.74) is 10.4. The molecule has 4 heteroatoms. The monoisotopic (exact) mass is 346 g/mol. The van der Waals surface area contributed by atoms with Crippen LogP contribution in [-0.4, -0.2) is 13.0 Å². The number of benzene rings is 3. The lowest BCUT2D eigenvalue weighted by molar-refractivity contribution is 0.0948. The number of carbonyl (C=O) groups excluding carboxylic acids is 1. The van der Waals surface area contributed by atoms with E-state index < -0.39 is 0 Å². The van der Waals surface area contributed by atoms with Gasteiger partial charge in [0.25, 0.3) is 5.91 Å². The molecular formula is C22H22N2O2. The van der Waals surface area contributed by atoms with Gasteiger partial charge in [0.1, 0.15) is 5.75 Å². The predicted molar refractivity (Wildman–Crippen MR) is 104 cm³/mol. The average Bonchev–Trinajstić information content (AvgIpc) is 2.72. The van der Waals surface area contributed by atoms with Crippen LogP contribution in [0.3, 0.4) is 0 Å². The minimum absolute atomic E-state index is 0.177. The van der Waals surface area contributed by atoms with Crippen molar-refractivity contribution < 1.29 is 9.53 Å². The van der Waals surface area contributed by atoms with Crippen LogP contribution in [0.25, 0.3) is 11.1 Å². The van der Waals surface area contributed by atoms with E-state index in [4.69, 9.17) is 10.5 Å². The van der Waals surface area contributed by atoms with Crippen molar-refractivity contribution in [1.82, 2.24) is 5.32 Å². The summed E-state index contributed by atoms with van der Waals surface area (Å²) >= 11 is 0. The maximum atomic E-state index is 12.5. The van der Waals surface area contributed by atoms with Gasteiger partial charge in [-0.1, -0.05) is 60.7 Å². The molecule has 0 saturated heterocycles. The van der Waals surface area contributed by atoms with Gasteiger partial charge in [-0.05, 0) is 34.4 Å². The molecule has 0 spiro atoms. The second-order valence-corrected chi connectivity index (χ2v) is 5.98.